The molecule has 0 aliphatic carbocycles. The molecular weight excluding hydrogens is 208 g/mol. The molecule has 0 radical (unpaired) electrons. The quantitative estimate of drug-likeness (QED) is 0.350. The molecule has 0 aliphatic heterocycles. The molecule has 15 heavy (non-hydrogen) atoms. The van der Waals surface area contributed by atoms with E-state index in [-0.39, 0.29) is 13.2 Å². The van der Waals surface area contributed by atoms with Crippen LogP contribution in [0.2, 0.25) is 0 Å². The lowest BCUT2D eigenvalue weighted by molar-refractivity contribution is -0.170. The number of carboxylic acids is 1. The van der Waals surface area contributed by atoms with Gasteiger partial charge in [0.15, 0.2) is 12.2 Å². The highest BCUT2D eigenvalue weighted by Crippen LogP contribution is 1.97. The smallest absolute Gasteiger partial charge is 0.338 e. The third kappa shape index (κ3) is 5.31. The van der Waals surface area contributed by atoms with E-state index < -0.39 is 24.1 Å². The van der Waals surface area contributed by atoms with Gasteiger partial charge >= 0.3 is 11.9 Å². The topological polar surface area (TPSA) is 113 Å². The number of aliphatic hydroxyl groups excluding tert-OH is 2. The molecular formula is C8H14O7. The zero-order chi connectivity index (χ0) is 11.8. The fourth-order valence-electron chi connectivity index (χ4n) is 0.695. The van der Waals surface area contributed by atoms with E-state index in [1.807, 2.05) is 0 Å². The van der Waals surface area contributed by atoms with Gasteiger partial charge in [0.05, 0.1) is 6.61 Å². The van der Waals surface area contributed by atoms with E-state index in [0.717, 1.165) is 0 Å². The second-order valence-corrected chi connectivity index (χ2v) is 2.59. The van der Waals surface area contributed by atoms with Crippen molar-refractivity contribution in [1.82, 2.24) is 0 Å². The molecule has 0 saturated heterocycles. The minimum Gasteiger partial charge on any atom is -0.479 e. The number of rotatable bonds is 7. The summed E-state index contributed by atoms with van der Waals surface area (Å²) < 4.78 is 9.27. The van der Waals surface area contributed by atoms with Gasteiger partial charge in [0, 0.05) is 6.61 Å². The van der Waals surface area contributed by atoms with Crippen LogP contribution in [0, 0.1) is 0 Å². The van der Waals surface area contributed by atoms with Crippen LogP contribution in [0.25, 0.3) is 0 Å². The van der Waals surface area contributed by atoms with E-state index in [1.54, 1.807) is 6.92 Å². The Morgan fingerprint density at radius 2 is 1.80 bits per heavy atom. The van der Waals surface area contributed by atoms with Gasteiger partial charge in [-0.15, -0.1) is 0 Å². The number of aliphatic hydroxyl groups is 2. The summed E-state index contributed by atoms with van der Waals surface area (Å²) in [5.41, 5.74) is 0. The van der Waals surface area contributed by atoms with Crippen molar-refractivity contribution in [2.24, 2.45) is 0 Å². The van der Waals surface area contributed by atoms with Crippen molar-refractivity contribution in [1.29, 1.82) is 0 Å². The van der Waals surface area contributed by atoms with E-state index in [4.69, 9.17) is 20.1 Å². The molecule has 88 valence electrons. The largest absolute Gasteiger partial charge is 0.479 e. The van der Waals surface area contributed by atoms with Crippen molar-refractivity contribution in [2.45, 2.75) is 19.1 Å². The van der Waals surface area contributed by atoms with Gasteiger partial charge in [0.2, 0.25) is 0 Å². The lowest BCUT2D eigenvalue weighted by Crippen LogP contribution is -2.40. The molecule has 0 spiro atoms. The summed E-state index contributed by atoms with van der Waals surface area (Å²) in [5.74, 6) is -2.88. The molecule has 7 heteroatoms. The number of ether oxygens (including phenoxy) is 2. The molecule has 0 saturated carbocycles. The second-order valence-electron chi connectivity index (χ2n) is 2.59. The summed E-state index contributed by atoms with van der Waals surface area (Å²) in [4.78, 5) is 21.1. The molecule has 0 rings (SSSR count). The number of hydrogen-bond acceptors (Lipinski definition) is 6. The van der Waals surface area contributed by atoms with Crippen molar-refractivity contribution >= 4 is 11.9 Å². The molecule has 0 aromatic carbocycles. The molecule has 0 aromatic heterocycles. The first-order chi connectivity index (χ1) is 7.00. The highest BCUT2D eigenvalue weighted by Gasteiger charge is 2.31. The third-order valence-corrected chi connectivity index (χ3v) is 1.47. The SMILES string of the molecule is CCOCCOC(=O)C(O)C(O)C(=O)O. The lowest BCUT2D eigenvalue weighted by atomic mass is 10.2. The first kappa shape index (κ1) is 13.8. The van der Waals surface area contributed by atoms with Gasteiger partial charge in [-0.05, 0) is 6.92 Å². The highest BCUT2D eigenvalue weighted by molar-refractivity contribution is 5.84. The molecule has 0 bridgehead atoms. The Bertz CT molecular complexity index is 215. The number of carbonyl (C=O) groups excluding carboxylic acids is 1. The normalized spacial score (nSPS) is 14.3. The van der Waals surface area contributed by atoms with Crippen LogP contribution >= 0.6 is 0 Å². The molecule has 0 amide bonds. The molecule has 3 N–H and O–H groups in total. The van der Waals surface area contributed by atoms with Crippen LogP contribution in [0.5, 0.6) is 0 Å². The lowest BCUT2D eigenvalue weighted by Gasteiger charge is -2.12. The van der Waals surface area contributed by atoms with E-state index in [9.17, 15) is 9.59 Å². The summed E-state index contributed by atoms with van der Waals surface area (Å²) in [7, 11) is 0. The van der Waals surface area contributed by atoms with Gasteiger partial charge in [0.25, 0.3) is 0 Å². The van der Waals surface area contributed by atoms with Crippen molar-refractivity contribution in [2.75, 3.05) is 19.8 Å². The zero-order valence-electron chi connectivity index (χ0n) is 8.25. The Labute approximate surface area is 86.2 Å². The number of carbonyl (C=O) groups is 2. The van der Waals surface area contributed by atoms with Gasteiger partial charge in [-0.1, -0.05) is 0 Å². The van der Waals surface area contributed by atoms with Gasteiger partial charge in [0.1, 0.15) is 6.61 Å². The second kappa shape index (κ2) is 7.16. The molecule has 0 heterocycles. The average Bonchev–Trinajstić information content (AvgIpc) is 2.21. The van der Waals surface area contributed by atoms with Crippen LogP contribution in [0.15, 0.2) is 0 Å². The van der Waals surface area contributed by atoms with Crippen LogP contribution < -0.4 is 0 Å². The zero-order valence-corrected chi connectivity index (χ0v) is 8.25. The van der Waals surface area contributed by atoms with Gasteiger partial charge < -0.3 is 24.8 Å². The van der Waals surface area contributed by atoms with Gasteiger partial charge in [-0.2, -0.15) is 0 Å². The maximum absolute atomic E-state index is 10.9. The van der Waals surface area contributed by atoms with Crippen molar-refractivity contribution < 1.29 is 34.4 Å². The average molecular weight is 222 g/mol. The molecule has 0 aliphatic rings. The van der Waals surface area contributed by atoms with E-state index in [2.05, 4.69) is 4.74 Å². The Morgan fingerprint density at radius 1 is 1.20 bits per heavy atom. The molecule has 0 fully saturated rings. The highest BCUT2D eigenvalue weighted by atomic mass is 16.6. The summed E-state index contributed by atoms with van der Waals surface area (Å²) in [5, 5.41) is 26.0. The van der Waals surface area contributed by atoms with Crippen LogP contribution in [0.1, 0.15) is 6.92 Å². The van der Waals surface area contributed by atoms with E-state index in [1.165, 1.54) is 0 Å². The summed E-state index contributed by atoms with van der Waals surface area (Å²) in [6.07, 6.45) is -4.26. The number of aliphatic carboxylic acids is 1. The first-order valence-electron chi connectivity index (χ1n) is 4.34. The molecule has 2 unspecified atom stereocenters. The fraction of sp³-hybridized carbons (Fsp3) is 0.750. The van der Waals surface area contributed by atoms with Crippen LogP contribution in [0.3, 0.4) is 0 Å². The Hall–Kier alpha value is -1.18. The Kier molecular flexibility index (Phi) is 6.59. The van der Waals surface area contributed by atoms with Crippen molar-refractivity contribution in [3.8, 4) is 0 Å². The Morgan fingerprint density at radius 3 is 2.27 bits per heavy atom. The van der Waals surface area contributed by atoms with E-state index in [0.29, 0.717) is 6.61 Å². The monoisotopic (exact) mass is 222 g/mol. The van der Waals surface area contributed by atoms with Crippen LogP contribution in [-0.4, -0.2) is 59.3 Å². The third-order valence-electron chi connectivity index (χ3n) is 1.47. The van der Waals surface area contributed by atoms with Crippen LogP contribution in [-0.2, 0) is 19.1 Å². The Balaban J connectivity index is 3.84. The number of hydrogen-bond donors (Lipinski definition) is 3. The standard InChI is InChI=1S/C8H14O7/c1-2-14-3-4-15-8(13)6(10)5(9)7(11)12/h5-6,9-10H,2-4H2,1H3,(H,11,12). The van der Waals surface area contributed by atoms with Gasteiger partial charge in [-0.25, -0.2) is 9.59 Å². The van der Waals surface area contributed by atoms with E-state index >= 15 is 0 Å². The van der Waals surface area contributed by atoms with Crippen LogP contribution in [0.4, 0.5) is 0 Å². The van der Waals surface area contributed by atoms with Crippen molar-refractivity contribution in [3.63, 3.8) is 0 Å². The maximum Gasteiger partial charge on any atom is 0.338 e. The maximum atomic E-state index is 10.9. The summed E-state index contributed by atoms with van der Waals surface area (Å²) >= 11 is 0. The number of carboxylic acid groups (broad SMARTS) is 1. The van der Waals surface area contributed by atoms with Gasteiger partial charge in [-0.3, -0.25) is 0 Å². The predicted molar refractivity (Wildman–Crippen MR) is 47.1 cm³/mol. The first-order valence-corrected chi connectivity index (χ1v) is 4.34. The predicted octanol–water partition coefficient (Wildman–Crippen LogP) is -1.63. The van der Waals surface area contributed by atoms with Crippen molar-refractivity contribution in [3.05, 3.63) is 0 Å². The fourth-order valence-corrected chi connectivity index (χ4v) is 0.695. The minimum absolute atomic E-state index is 0.101. The number of esters is 1. The summed E-state index contributed by atoms with van der Waals surface area (Å²) in [6, 6.07) is 0. The molecule has 2 atom stereocenters. The minimum atomic E-state index is -2.18. The summed E-state index contributed by atoms with van der Waals surface area (Å²) in [6.45, 7) is 2.26. The molecule has 7 nitrogen and oxygen atoms in total. The molecule has 0 aromatic rings.